The zero-order valence-corrected chi connectivity index (χ0v) is 20.1. The van der Waals surface area contributed by atoms with Gasteiger partial charge in [0.1, 0.15) is 0 Å². The van der Waals surface area contributed by atoms with Crippen LogP contribution in [0.2, 0.25) is 0 Å². The Morgan fingerprint density at radius 3 is 1.44 bits per heavy atom. The molecule has 0 aliphatic rings. The molecular formula is C18H16Br2O4Zn. The molecule has 0 unspecified atom stereocenters. The summed E-state index contributed by atoms with van der Waals surface area (Å²) in [5, 5.41) is 0. The van der Waals surface area contributed by atoms with E-state index < -0.39 is 0 Å². The predicted octanol–water partition coefficient (Wildman–Crippen LogP) is 4.85. The fourth-order valence-corrected chi connectivity index (χ4v) is 1.98. The maximum absolute atomic E-state index is 11.1. The van der Waals surface area contributed by atoms with Gasteiger partial charge in [-0.25, -0.2) is 0 Å². The molecule has 0 fully saturated rings. The van der Waals surface area contributed by atoms with Crippen LogP contribution in [0.3, 0.4) is 0 Å². The van der Waals surface area contributed by atoms with Crippen LogP contribution in [0.15, 0.2) is 45.3 Å². The van der Waals surface area contributed by atoms with Gasteiger partial charge in [0.2, 0.25) is 11.9 Å². The molecule has 0 N–H and O–H groups in total. The number of ether oxygens (including phenoxy) is 2. The second-order valence-corrected chi connectivity index (χ2v) is 6.11. The van der Waals surface area contributed by atoms with Crippen LogP contribution in [0.4, 0.5) is 0 Å². The topological polar surface area (TPSA) is 52.6 Å². The van der Waals surface area contributed by atoms with Crippen molar-refractivity contribution in [3.8, 4) is 0 Å². The molecular weight excluding hydrogens is 505 g/mol. The van der Waals surface area contributed by atoms with Gasteiger partial charge in [0.15, 0.2) is 0 Å². The normalized spacial score (nSPS) is 9.12. The van der Waals surface area contributed by atoms with Crippen LogP contribution in [0, 0.1) is 12.1 Å². The van der Waals surface area contributed by atoms with E-state index in [1.54, 1.807) is 50.2 Å². The first-order chi connectivity index (χ1) is 11.5. The molecule has 0 bridgehead atoms. The molecule has 0 amide bonds. The molecule has 7 heteroatoms. The third kappa shape index (κ3) is 9.29. The van der Waals surface area contributed by atoms with E-state index in [0.29, 0.717) is 24.3 Å². The van der Waals surface area contributed by atoms with E-state index in [4.69, 9.17) is 9.47 Å². The number of esters is 2. The Bertz CT molecular complexity index is 598. The van der Waals surface area contributed by atoms with E-state index in [9.17, 15) is 9.59 Å². The van der Waals surface area contributed by atoms with Crippen LogP contribution in [-0.2, 0) is 29.0 Å². The molecule has 2 aromatic carbocycles. The van der Waals surface area contributed by atoms with Crippen LogP contribution in [0.1, 0.15) is 34.6 Å². The Morgan fingerprint density at radius 2 is 1.20 bits per heavy atom. The van der Waals surface area contributed by atoms with E-state index in [1.807, 2.05) is 0 Å². The van der Waals surface area contributed by atoms with Crippen molar-refractivity contribution in [1.82, 2.24) is 0 Å². The molecule has 0 aliphatic heterocycles. The number of hydrogen-bond donors (Lipinski definition) is 0. The van der Waals surface area contributed by atoms with E-state index >= 15 is 0 Å². The van der Waals surface area contributed by atoms with Crippen LogP contribution in [-0.4, -0.2) is 25.2 Å². The van der Waals surface area contributed by atoms with Crippen molar-refractivity contribution in [3.05, 3.63) is 68.6 Å². The Kier molecular flexibility index (Phi) is 12.7. The molecule has 2 aromatic rings. The zero-order chi connectivity index (χ0) is 17.9. The summed E-state index contributed by atoms with van der Waals surface area (Å²) in [6, 6.07) is 15.9. The maximum atomic E-state index is 11.1. The van der Waals surface area contributed by atoms with Gasteiger partial charge in [-0.15, -0.1) is 80.4 Å². The Balaban J connectivity index is 0.000000443. The summed E-state index contributed by atoms with van der Waals surface area (Å²) in [5.74, 6) is -0.657. The van der Waals surface area contributed by atoms with Crippen LogP contribution >= 0.6 is 31.9 Å². The van der Waals surface area contributed by atoms with E-state index in [1.165, 1.54) is 0 Å². The van der Waals surface area contributed by atoms with Gasteiger partial charge in [-0.05, 0) is 13.8 Å². The van der Waals surface area contributed by atoms with E-state index in [2.05, 4.69) is 44.0 Å². The summed E-state index contributed by atoms with van der Waals surface area (Å²) in [6.45, 7) is 4.33. The smallest absolute Gasteiger partial charge is 0.506 e. The molecule has 0 aromatic heterocycles. The number of hydrogen-bond acceptors (Lipinski definition) is 4. The summed E-state index contributed by atoms with van der Waals surface area (Å²) in [6.07, 6.45) is 0. The standard InChI is InChI=1S/2C9H8BrO2.Zn/c2*1-2-12-9(11)7-3-5-8(10)6-4-7;/h2*3,5-6H,2H2,1H3;/q2*-1;+2. The van der Waals surface area contributed by atoms with Gasteiger partial charge in [0.05, 0.1) is 13.2 Å². The third-order valence-corrected chi connectivity index (χ3v) is 3.53. The first-order valence-corrected chi connectivity index (χ1v) is 8.75. The maximum Gasteiger partial charge on any atom is 2.00 e. The van der Waals surface area contributed by atoms with E-state index in [0.717, 1.165) is 8.95 Å². The van der Waals surface area contributed by atoms with Crippen molar-refractivity contribution in [2.45, 2.75) is 13.8 Å². The molecule has 0 atom stereocenters. The van der Waals surface area contributed by atoms with Crippen LogP contribution < -0.4 is 0 Å². The zero-order valence-electron chi connectivity index (χ0n) is 14.0. The summed E-state index contributed by atoms with van der Waals surface area (Å²) in [5.41, 5.74) is 0.917. The molecule has 0 saturated carbocycles. The Hall–Kier alpha value is -1.04. The predicted molar refractivity (Wildman–Crippen MR) is 97.9 cm³/mol. The van der Waals surface area contributed by atoms with Gasteiger partial charge in [0, 0.05) is 0 Å². The van der Waals surface area contributed by atoms with Crippen molar-refractivity contribution >= 4 is 43.8 Å². The first-order valence-electron chi connectivity index (χ1n) is 7.16. The fourth-order valence-electron chi connectivity index (χ4n) is 1.48. The number of halogens is 2. The van der Waals surface area contributed by atoms with Gasteiger partial charge >= 0.3 is 19.5 Å². The van der Waals surface area contributed by atoms with Crippen molar-refractivity contribution in [1.29, 1.82) is 0 Å². The molecule has 4 nitrogen and oxygen atoms in total. The summed E-state index contributed by atoms with van der Waals surface area (Å²) in [7, 11) is 0. The largest absolute Gasteiger partial charge is 2.00 e. The molecule has 2 rings (SSSR count). The Morgan fingerprint density at radius 1 is 0.840 bits per heavy atom. The molecule has 0 heterocycles. The summed E-state index contributed by atoms with van der Waals surface area (Å²) < 4.78 is 11.4. The van der Waals surface area contributed by atoms with Crippen molar-refractivity contribution in [2.75, 3.05) is 13.2 Å². The molecule has 0 radical (unpaired) electrons. The van der Waals surface area contributed by atoms with Crippen LogP contribution in [0.25, 0.3) is 0 Å². The quantitative estimate of drug-likeness (QED) is 0.328. The second kappa shape index (κ2) is 13.2. The summed E-state index contributed by atoms with van der Waals surface area (Å²) >= 11 is 6.50. The molecule has 0 aliphatic carbocycles. The van der Waals surface area contributed by atoms with Crippen molar-refractivity contribution < 1.29 is 38.5 Å². The minimum absolute atomic E-state index is 0. The molecule has 25 heavy (non-hydrogen) atoms. The van der Waals surface area contributed by atoms with Gasteiger partial charge in [-0.1, -0.05) is 20.1 Å². The monoisotopic (exact) mass is 518 g/mol. The van der Waals surface area contributed by atoms with Crippen LogP contribution in [0.5, 0.6) is 0 Å². The third-order valence-electron chi connectivity index (χ3n) is 2.54. The molecule has 128 valence electrons. The average molecular weight is 522 g/mol. The first kappa shape index (κ1) is 24.0. The van der Waals surface area contributed by atoms with Crippen molar-refractivity contribution in [3.63, 3.8) is 0 Å². The average Bonchev–Trinajstić information content (AvgIpc) is 2.57. The number of carbonyl (C=O) groups excluding carboxylic acids is 2. The Labute approximate surface area is 177 Å². The van der Waals surface area contributed by atoms with Gasteiger partial charge in [-0.3, -0.25) is 0 Å². The molecule has 0 saturated heterocycles. The SMILES string of the molecule is CCOC(=O)c1[c-]cc(Br)cc1.CCOC(=O)c1[c-]cc(Br)cc1.[Zn+2]. The number of rotatable bonds is 4. The van der Waals surface area contributed by atoms with Gasteiger partial charge in [0.25, 0.3) is 0 Å². The fraction of sp³-hybridized carbons (Fsp3) is 0.222. The van der Waals surface area contributed by atoms with Crippen molar-refractivity contribution in [2.24, 2.45) is 0 Å². The van der Waals surface area contributed by atoms with Gasteiger partial charge < -0.3 is 19.1 Å². The van der Waals surface area contributed by atoms with Gasteiger partial charge in [-0.2, -0.15) is 0 Å². The minimum atomic E-state index is -0.329. The number of carbonyl (C=O) groups is 2. The second-order valence-electron chi connectivity index (χ2n) is 4.28. The minimum Gasteiger partial charge on any atom is -0.506 e. The molecule has 0 spiro atoms. The van der Waals surface area contributed by atoms with E-state index in [-0.39, 0.29) is 31.4 Å². The summed E-state index contributed by atoms with van der Waals surface area (Å²) in [4.78, 5) is 22.2. The number of benzene rings is 2.